The van der Waals surface area contributed by atoms with Crippen LogP contribution in [0, 0.1) is 6.92 Å². The zero-order chi connectivity index (χ0) is 19.1. The molecule has 4 heterocycles. The van der Waals surface area contributed by atoms with Gasteiger partial charge < -0.3 is 18.9 Å². The number of likely N-dealkylation sites (N-methyl/N-ethyl adjacent to an activating group) is 1. The van der Waals surface area contributed by atoms with Crippen molar-refractivity contribution in [1.29, 1.82) is 0 Å². The van der Waals surface area contributed by atoms with Crippen molar-refractivity contribution in [2.24, 2.45) is 0 Å². The van der Waals surface area contributed by atoms with Gasteiger partial charge >= 0.3 is 0 Å². The second-order valence-corrected chi connectivity index (χ2v) is 7.99. The van der Waals surface area contributed by atoms with Crippen molar-refractivity contribution in [1.82, 2.24) is 29.7 Å². The molecule has 2 aromatic heterocycles. The summed E-state index contributed by atoms with van der Waals surface area (Å²) in [5, 5.41) is 13.1. The standard InChI is InChI=1S/C19H28N6O2/c1-12(2)17-16(13(3)27-22-17)19(26)24-8-5-6-14(24)18-21-20-15-7-9-23(4)10-11-25(15)18/h12,14H,5-11H2,1-4H3. The van der Waals surface area contributed by atoms with Crippen LogP contribution in [0.15, 0.2) is 4.52 Å². The molecule has 1 atom stereocenters. The average Bonchev–Trinajstić information content (AvgIpc) is 3.32. The van der Waals surface area contributed by atoms with Gasteiger partial charge in [-0.15, -0.1) is 10.2 Å². The van der Waals surface area contributed by atoms with E-state index in [0.717, 1.165) is 62.8 Å². The fourth-order valence-corrected chi connectivity index (χ4v) is 4.16. The lowest BCUT2D eigenvalue weighted by Crippen LogP contribution is -2.33. The highest BCUT2D eigenvalue weighted by molar-refractivity contribution is 5.96. The van der Waals surface area contributed by atoms with E-state index in [4.69, 9.17) is 4.52 Å². The van der Waals surface area contributed by atoms with Crippen LogP contribution in [-0.4, -0.2) is 62.3 Å². The van der Waals surface area contributed by atoms with Crippen LogP contribution in [0.4, 0.5) is 0 Å². The van der Waals surface area contributed by atoms with Gasteiger partial charge in [-0.3, -0.25) is 4.79 Å². The van der Waals surface area contributed by atoms with Crippen LogP contribution in [0.25, 0.3) is 0 Å². The van der Waals surface area contributed by atoms with Gasteiger partial charge in [0.15, 0.2) is 5.82 Å². The van der Waals surface area contributed by atoms with Gasteiger partial charge in [0.2, 0.25) is 0 Å². The Balaban J connectivity index is 1.65. The van der Waals surface area contributed by atoms with Crippen molar-refractivity contribution in [2.45, 2.75) is 58.5 Å². The lowest BCUT2D eigenvalue weighted by molar-refractivity contribution is 0.0723. The van der Waals surface area contributed by atoms with Gasteiger partial charge in [-0.1, -0.05) is 19.0 Å². The number of carbonyl (C=O) groups is 1. The Labute approximate surface area is 159 Å². The fraction of sp³-hybridized carbons (Fsp3) is 0.684. The van der Waals surface area contributed by atoms with Crippen LogP contribution in [0.2, 0.25) is 0 Å². The van der Waals surface area contributed by atoms with E-state index in [-0.39, 0.29) is 17.9 Å². The van der Waals surface area contributed by atoms with Crippen LogP contribution in [-0.2, 0) is 13.0 Å². The predicted molar refractivity (Wildman–Crippen MR) is 99.6 cm³/mol. The van der Waals surface area contributed by atoms with Crippen LogP contribution in [0.5, 0.6) is 0 Å². The molecule has 4 rings (SSSR count). The van der Waals surface area contributed by atoms with E-state index < -0.39 is 0 Å². The number of hydrogen-bond donors (Lipinski definition) is 0. The van der Waals surface area contributed by atoms with E-state index in [2.05, 4.69) is 31.9 Å². The highest BCUT2D eigenvalue weighted by atomic mass is 16.5. The molecule has 0 saturated carbocycles. The molecule has 0 spiro atoms. The Morgan fingerprint density at radius 3 is 2.78 bits per heavy atom. The predicted octanol–water partition coefficient (Wildman–Crippen LogP) is 2.16. The van der Waals surface area contributed by atoms with Crippen LogP contribution < -0.4 is 0 Å². The second-order valence-electron chi connectivity index (χ2n) is 7.99. The number of aromatic nitrogens is 4. The molecule has 0 radical (unpaired) electrons. The fourth-order valence-electron chi connectivity index (χ4n) is 4.16. The number of hydrogen-bond acceptors (Lipinski definition) is 6. The average molecular weight is 372 g/mol. The molecule has 1 saturated heterocycles. The molecule has 0 N–H and O–H groups in total. The summed E-state index contributed by atoms with van der Waals surface area (Å²) in [6.45, 7) is 9.44. The van der Waals surface area contributed by atoms with E-state index in [1.165, 1.54) is 0 Å². The number of amides is 1. The number of likely N-dealkylation sites (tertiary alicyclic amines) is 1. The molecular formula is C19H28N6O2. The molecular weight excluding hydrogens is 344 g/mol. The Morgan fingerprint density at radius 1 is 1.19 bits per heavy atom. The van der Waals surface area contributed by atoms with E-state index in [1.54, 1.807) is 0 Å². The molecule has 1 fully saturated rings. The molecule has 27 heavy (non-hydrogen) atoms. The Hall–Kier alpha value is -2.22. The molecule has 1 amide bonds. The first kappa shape index (κ1) is 18.2. The third-order valence-electron chi connectivity index (χ3n) is 5.74. The summed E-state index contributed by atoms with van der Waals surface area (Å²) in [7, 11) is 2.13. The maximum absolute atomic E-state index is 13.4. The zero-order valence-corrected chi connectivity index (χ0v) is 16.6. The minimum Gasteiger partial charge on any atom is -0.361 e. The quantitative estimate of drug-likeness (QED) is 0.821. The first-order valence-electron chi connectivity index (χ1n) is 9.85. The molecule has 0 aromatic carbocycles. The summed E-state index contributed by atoms with van der Waals surface area (Å²) < 4.78 is 7.57. The van der Waals surface area contributed by atoms with Crippen LogP contribution >= 0.6 is 0 Å². The van der Waals surface area contributed by atoms with Gasteiger partial charge in [0.1, 0.15) is 17.1 Å². The summed E-state index contributed by atoms with van der Waals surface area (Å²) in [4.78, 5) is 17.7. The second kappa shape index (κ2) is 7.07. The van der Waals surface area contributed by atoms with Crippen molar-refractivity contribution in [3.8, 4) is 0 Å². The van der Waals surface area contributed by atoms with E-state index in [9.17, 15) is 4.79 Å². The Kier molecular flexibility index (Phi) is 4.75. The van der Waals surface area contributed by atoms with Crippen molar-refractivity contribution in [3.63, 3.8) is 0 Å². The summed E-state index contributed by atoms with van der Waals surface area (Å²) in [5.74, 6) is 2.69. The maximum Gasteiger partial charge on any atom is 0.260 e. The van der Waals surface area contributed by atoms with E-state index in [0.29, 0.717) is 11.3 Å². The highest BCUT2D eigenvalue weighted by Crippen LogP contribution is 2.34. The Bertz CT molecular complexity index is 839. The lowest BCUT2D eigenvalue weighted by atomic mass is 10.0. The van der Waals surface area contributed by atoms with Crippen molar-refractivity contribution >= 4 is 5.91 Å². The summed E-state index contributed by atoms with van der Waals surface area (Å²) in [5.41, 5.74) is 1.36. The summed E-state index contributed by atoms with van der Waals surface area (Å²) in [6, 6.07) is -0.0310. The Morgan fingerprint density at radius 2 is 2.00 bits per heavy atom. The normalized spacial score (nSPS) is 20.9. The first-order chi connectivity index (χ1) is 13.0. The van der Waals surface area contributed by atoms with Gasteiger partial charge in [-0.2, -0.15) is 0 Å². The van der Waals surface area contributed by atoms with Gasteiger partial charge in [-0.25, -0.2) is 0 Å². The van der Waals surface area contributed by atoms with Crippen LogP contribution in [0.1, 0.15) is 72.1 Å². The zero-order valence-electron chi connectivity index (χ0n) is 16.6. The van der Waals surface area contributed by atoms with E-state index >= 15 is 0 Å². The molecule has 8 nitrogen and oxygen atoms in total. The van der Waals surface area contributed by atoms with Crippen molar-refractivity contribution < 1.29 is 9.32 Å². The first-order valence-corrected chi connectivity index (χ1v) is 9.85. The number of nitrogens with zero attached hydrogens (tertiary/aromatic N) is 6. The molecule has 8 heteroatoms. The number of carbonyl (C=O) groups excluding carboxylic acids is 1. The van der Waals surface area contributed by atoms with Gasteiger partial charge in [0.05, 0.1) is 11.7 Å². The summed E-state index contributed by atoms with van der Waals surface area (Å²) in [6.07, 6.45) is 2.79. The molecule has 0 aliphatic carbocycles. The molecule has 2 aliphatic heterocycles. The number of fused-ring (bicyclic) bond motifs is 1. The topological polar surface area (TPSA) is 80.3 Å². The van der Waals surface area contributed by atoms with Gasteiger partial charge in [-0.05, 0) is 32.7 Å². The van der Waals surface area contributed by atoms with E-state index in [1.807, 2.05) is 25.7 Å². The lowest BCUT2D eigenvalue weighted by Gasteiger charge is -2.25. The summed E-state index contributed by atoms with van der Waals surface area (Å²) >= 11 is 0. The minimum atomic E-state index is -0.0310. The highest BCUT2D eigenvalue weighted by Gasteiger charge is 2.37. The van der Waals surface area contributed by atoms with Crippen molar-refractivity contribution in [2.75, 3.05) is 26.7 Å². The minimum absolute atomic E-state index is 0.00281. The molecule has 0 bridgehead atoms. The number of rotatable bonds is 3. The molecule has 1 unspecified atom stereocenters. The third-order valence-corrected chi connectivity index (χ3v) is 5.74. The third kappa shape index (κ3) is 3.16. The number of aryl methyl sites for hydroxylation is 1. The monoisotopic (exact) mass is 372 g/mol. The maximum atomic E-state index is 13.4. The molecule has 2 aromatic rings. The molecule has 146 valence electrons. The van der Waals surface area contributed by atoms with Crippen molar-refractivity contribution in [3.05, 3.63) is 28.7 Å². The van der Waals surface area contributed by atoms with Crippen LogP contribution in [0.3, 0.4) is 0 Å². The molecule has 2 aliphatic rings. The van der Waals surface area contributed by atoms with Gasteiger partial charge in [0.25, 0.3) is 5.91 Å². The SMILES string of the molecule is Cc1onc(C(C)C)c1C(=O)N1CCCC1c1nnc2n1CCN(C)CC2. The smallest absolute Gasteiger partial charge is 0.260 e. The van der Waals surface area contributed by atoms with Gasteiger partial charge in [0, 0.05) is 32.6 Å². The largest absolute Gasteiger partial charge is 0.361 e.